The van der Waals surface area contributed by atoms with E-state index in [9.17, 15) is 14.9 Å². The van der Waals surface area contributed by atoms with Crippen LogP contribution in [0.1, 0.15) is 32.6 Å². The predicted molar refractivity (Wildman–Crippen MR) is 93.8 cm³/mol. The van der Waals surface area contributed by atoms with Gasteiger partial charge in [0, 0.05) is 18.3 Å². The van der Waals surface area contributed by atoms with Crippen molar-refractivity contribution >= 4 is 55.4 Å². The zero-order valence-electron chi connectivity index (χ0n) is 12.2. The molecule has 5 nitrogen and oxygen atoms in total. The van der Waals surface area contributed by atoms with Crippen LogP contribution in [-0.2, 0) is 17.8 Å². The molecule has 0 aliphatic carbocycles. The van der Waals surface area contributed by atoms with E-state index in [4.69, 9.17) is 0 Å². The van der Waals surface area contributed by atoms with Crippen LogP contribution in [0.4, 0.5) is 5.00 Å². The Balaban J connectivity index is 1.88. The molecule has 0 radical (unpaired) electrons. The average molecular weight is 410 g/mol. The molecule has 23 heavy (non-hydrogen) atoms. The summed E-state index contributed by atoms with van der Waals surface area (Å²) in [4.78, 5) is 27.1. The quantitative estimate of drug-likeness (QED) is 0.822. The van der Waals surface area contributed by atoms with Gasteiger partial charge in [0.15, 0.2) is 0 Å². The summed E-state index contributed by atoms with van der Waals surface area (Å²) in [5.41, 5.74) is 1.48. The summed E-state index contributed by atoms with van der Waals surface area (Å²) in [6.07, 6.45) is 0.648. The highest BCUT2D eigenvalue weighted by atomic mass is 79.9. The second-order valence-corrected chi connectivity index (χ2v) is 8.64. The second-order valence-electron chi connectivity index (χ2n) is 5.07. The molecule has 1 aliphatic rings. The minimum atomic E-state index is -0.223. The molecule has 0 atom stereocenters. The monoisotopic (exact) mass is 409 g/mol. The molecule has 0 fully saturated rings. The molecule has 2 aromatic heterocycles. The zero-order valence-corrected chi connectivity index (χ0v) is 15.4. The van der Waals surface area contributed by atoms with Crippen LogP contribution in [0.2, 0.25) is 0 Å². The van der Waals surface area contributed by atoms with Gasteiger partial charge in [0.25, 0.3) is 5.91 Å². The van der Waals surface area contributed by atoms with Crippen LogP contribution in [0.5, 0.6) is 0 Å². The number of hydrogen-bond donors (Lipinski definition) is 1. The van der Waals surface area contributed by atoms with Crippen molar-refractivity contribution in [1.29, 1.82) is 5.26 Å². The Hall–Kier alpha value is -1.69. The van der Waals surface area contributed by atoms with Gasteiger partial charge in [0.1, 0.15) is 11.1 Å². The van der Waals surface area contributed by atoms with Gasteiger partial charge in [-0.1, -0.05) is 0 Å². The zero-order chi connectivity index (χ0) is 16.6. The van der Waals surface area contributed by atoms with Gasteiger partial charge in [-0.2, -0.15) is 5.26 Å². The molecule has 1 aliphatic heterocycles. The number of amides is 2. The molecule has 0 saturated heterocycles. The molecule has 8 heteroatoms. The van der Waals surface area contributed by atoms with Crippen molar-refractivity contribution in [2.45, 2.75) is 19.9 Å². The minimum Gasteiger partial charge on any atom is -0.337 e. The van der Waals surface area contributed by atoms with E-state index in [0.717, 1.165) is 14.2 Å². The van der Waals surface area contributed by atoms with Gasteiger partial charge in [-0.05, 0) is 40.0 Å². The van der Waals surface area contributed by atoms with Gasteiger partial charge in [-0.15, -0.1) is 22.7 Å². The molecule has 0 spiro atoms. The first kappa shape index (κ1) is 16.2. The lowest BCUT2D eigenvalue weighted by atomic mass is 10.0. The summed E-state index contributed by atoms with van der Waals surface area (Å²) in [5, 5.41) is 12.8. The maximum absolute atomic E-state index is 12.3. The summed E-state index contributed by atoms with van der Waals surface area (Å²) in [5.74, 6) is -0.198. The van der Waals surface area contributed by atoms with E-state index in [1.54, 1.807) is 17.9 Å². The minimum absolute atomic E-state index is 0.0246. The highest BCUT2D eigenvalue weighted by molar-refractivity contribution is 9.11. The molecule has 0 saturated carbocycles. The number of nitriles is 1. The number of rotatable bonds is 2. The van der Waals surface area contributed by atoms with Crippen LogP contribution in [0.15, 0.2) is 15.9 Å². The number of thiophene rings is 2. The molecule has 0 aromatic carbocycles. The number of anilines is 1. The van der Waals surface area contributed by atoms with Crippen molar-refractivity contribution in [3.8, 4) is 6.07 Å². The Bertz CT molecular complexity index is 834. The third-order valence-corrected chi connectivity index (χ3v) is 6.39. The van der Waals surface area contributed by atoms with Crippen LogP contribution < -0.4 is 5.32 Å². The van der Waals surface area contributed by atoms with Gasteiger partial charge in [0.05, 0.1) is 20.8 Å². The van der Waals surface area contributed by atoms with Gasteiger partial charge < -0.3 is 10.2 Å². The van der Waals surface area contributed by atoms with Gasteiger partial charge in [0.2, 0.25) is 5.91 Å². The van der Waals surface area contributed by atoms with E-state index >= 15 is 0 Å². The van der Waals surface area contributed by atoms with Crippen LogP contribution in [0.25, 0.3) is 0 Å². The predicted octanol–water partition coefficient (Wildman–Crippen LogP) is 3.60. The SMILES string of the molecule is CC(=O)N1CCc2c(sc(NC(=O)c3ccc(Br)s3)c2C#N)C1. The summed E-state index contributed by atoms with van der Waals surface area (Å²) < 4.78 is 0.880. The Kier molecular flexibility index (Phi) is 4.53. The topological polar surface area (TPSA) is 73.2 Å². The molecule has 0 unspecified atom stereocenters. The number of carbonyl (C=O) groups excluding carboxylic acids is 2. The maximum atomic E-state index is 12.3. The first-order valence-electron chi connectivity index (χ1n) is 6.86. The second kappa shape index (κ2) is 6.43. The number of carbonyl (C=O) groups is 2. The lowest BCUT2D eigenvalue weighted by Crippen LogP contribution is -2.33. The number of hydrogen-bond acceptors (Lipinski definition) is 5. The van der Waals surface area contributed by atoms with Gasteiger partial charge >= 0.3 is 0 Å². The van der Waals surface area contributed by atoms with Crippen molar-refractivity contribution in [1.82, 2.24) is 4.90 Å². The van der Waals surface area contributed by atoms with Crippen LogP contribution in [0.3, 0.4) is 0 Å². The number of nitrogens with one attached hydrogen (secondary N) is 1. The molecule has 2 amide bonds. The van der Waals surface area contributed by atoms with Gasteiger partial charge in [-0.25, -0.2) is 0 Å². The van der Waals surface area contributed by atoms with Crippen LogP contribution >= 0.6 is 38.6 Å². The third kappa shape index (κ3) is 3.17. The summed E-state index contributed by atoms with van der Waals surface area (Å²) in [6, 6.07) is 5.75. The van der Waals surface area contributed by atoms with E-state index in [1.165, 1.54) is 22.7 Å². The number of fused-ring (bicyclic) bond motifs is 1. The molecule has 3 heterocycles. The Labute approximate surface area is 149 Å². The fourth-order valence-corrected chi connectivity index (χ4v) is 4.97. The standard InChI is InChI=1S/C15H12BrN3O2S2/c1-8(20)19-5-4-9-10(6-17)15(23-12(9)7-19)18-14(21)11-2-3-13(16)22-11/h2-3H,4-5,7H2,1H3,(H,18,21). The smallest absolute Gasteiger partial charge is 0.266 e. The third-order valence-electron chi connectivity index (χ3n) is 3.64. The fraction of sp³-hybridized carbons (Fsp3) is 0.267. The highest BCUT2D eigenvalue weighted by Crippen LogP contribution is 2.37. The summed E-state index contributed by atoms with van der Waals surface area (Å²) in [6.45, 7) is 2.66. The maximum Gasteiger partial charge on any atom is 0.266 e. The first-order chi connectivity index (χ1) is 11.0. The lowest BCUT2D eigenvalue weighted by molar-refractivity contribution is -0.129. The highest BCUT2D eigenvalue weighted by Gasteiger charge is 2.26. The summed E-state index contributed by atoms with van der Waals surface area (Å²) >= 11 is 6.06. The van der Waals surface area contributed by atoms with Crippen molar-refractivity contribution in [2.75, 3.05) is 11.9 Å². The Morgan fingerprint density at radius 3 is 2.78 bits per heavy atom. The van der Waals surface area contributed by atoms with Gasteiger partial charge in [-0.3, -0.25) is 9.59 Å². The summed E-state index contributed by atoms with van der Waals surface area (Å²) in [7, 11) is 0. The molecular weight excluding hydrogens is 398 g/mol. The first-order valence-corrected chi connectivity index (χ1v) is 9.29. The van der Waals surface area contributed by atoms with Crippen molar-refractivity contribution < 1.29 is 9.59 Å². The van der Waals surface area contributed by atoms with E-state index in [-0.39, 0.29) is 11.8 Å². The van der Waals surface area contributed by atoms with Crippen molar-refractivity contribution in [2.24, 2.45) is 0 Å². The normalized spacial score (nSPS) is 13.3. The Morgan fingerprint density at radius 2 is 2.17 bits per heavy atom. The number of nitrogens with zero attached hydrogens (tertiary/aromatic N) is 2. The van der Waals surface area contributed by atoms with E-state index < -0.39 is 0 Å². The molecule has 2 aromatic rings. The van der Waals surface area contributed by atoms with E-state index in [0.29, 0.717) is 35.0 Å². The average Bonchev–Trinajstić information content (AvgIpc) is 3.09. The lowest BCUT2D eigenvalue weighted by Gasteiger charge is -2.25. The largest absolute Gasteiger partial charge is 0.337 e. The number of halogens is 1. The van der Waals surface area contributed by atoms with Crippen molar-refractivity contribution in [3.63, 3.8) is 0 Å². The van der Waals surface area contributed by atoms with E-state index in [2.05, 4.69) is 27.3 Å². The van der Waals surface area contributed by atoms with Crippen LogP contribution in [-0.4, -0.2) is 23.3 Å². The Morgan fingerprint density at radius 1 is 1.39 bits per heavy atom. The molecular formula is C15H12BrN3O2S2. The van der Waals surface area contributed by atoms with E-state index in [1.807, 2.05) is 6.07 Å². The fourth-order valence-electron chi connectivity index (χ4n) is 2.48. The van der Waals surface area contributed by atoms with Crippen LogP contribution in [0, 0.1) is 11.3 Å². The van der Waals surface area contributed by atoms with Crippen molar-refractivity contribution in [3.05, 3.63) is 36.8 Å². The molecule has 3 rings (SSSR count). The molecule has 1 N–H and O–H groups in total. The molecule has 118 valence electrons. The molecule has 0 bridgehead atoms.